The Bertz CT molecular complexity index is 772. The molecular formula is C14H18N6O. The van der Waals surface area contributed by atoms with Crippen LogP contribution in [0.25, 0.3) is 11.0 Å². The van der Waals surface area contributed by atoms with E-state index in [1.165, 1.54) is 4.68 Å². The molecule has 0 spiro atoms. The van der Waals surface area contributed by atoms with E-state index >= 15 is 0 Å². The Hall–Kier alpha value is -2.33. The van der Waals surface area contributed by atoms with Crippen molar-refractivity contribution < 1.29 is 0 Å². The number of aryl methyl sites for hydroxylation is 1. The van der Waals surface area contributed by atoms with E-state index in [1.807, 2.05) is 4.57 Å². The molecule has 2 aromatic rings. The molecule has 0 aliphatic carbocycles. The quantitative estimate of drug-likeness (QED) is 0.758. The predicted octanol–water partition coefficient (Wildman–Crippen LogP) is -0.437. The second kappa shape index (κ2) is 5.58. The molecule has 2 aromatic heterocycles. The molecule has 1 saturated heterocycles. The molecule has 110 valence electrons. The molecule has 7 heteroatoms. The Morgan fingerprint density at radius 3 is 2.86 bits per heavy atom. The summed E-state index contributed by atoms with van der Waals surface area (Å²) in [5.41, 5.74) is 1.03. The van der Waals surface area contributed by atoms with Crippen LogP contribution in [0.1, 0.15) is 6.92 Å². The molecule has 1 N–H and O–H groups in total. The van der Waals surface area contributed by atoms with Gasteiger partial charge in [-0.05, 0) is 6.92 Å². The fourth-order valence-electron chi connectivity index (χ4n) is 2.51. The first-order valence-corrected chi connectivity index (χ1v) is 7.00. The molecule has 0 aromatic carbocycles. The van der Waals surface area contributed by atoms with Gasteiger partial charge < -0.3 is 10.2 Å². The minimum Gasteiger partial charge on any atom is -0.340 e. The van der Waals surface area contributed by atoms with E-state index in [1.54, 1.807) is 20.2 Å². The number of hydrogen-bond donors (Lipinski definition) is 1. The third-order valence-corrected chi connectivity index (χ3v) is 3.65. The maximum atomic E-state index is 12.2. The number of piperazine rings is 1. The maximum absolute atomic E-state index is 12.2. The molecule has 1 aliphatic heterocycles. The Kier molecular flexibility index (Phi) is 3.62. The lowest BCUT2D eigenvalue weighted by molar-refractivity contribution is 0.573. The highest BCUT2D eigenvalue weighted by molar-refractivity contribution is 5.77. The number of fused-ring (bicyclic) bond motifs is 1. The molecule has 0 unspecified atom stereocenters. The molecular weight excluding hydrogens is 268 g/mol. The monoisotopic (exact) mass is 286 g/mol. The smallest absolute Gasteiger partial charge is 0.294 e. The van der Waals surface area contributed by atoms with Crippen LogP contribution in [-0.2, 0) is 13.6 Å². The van der Waals surface area contributed by atoms with Gasteiger partial charge in [0, 0.05) is 33.2 Å². The third-order valence-electron chi connectivity index (χ3n) is 3.65. The Morgan fingerprint density at radius 2 is 2.14 bits per heavy atom. The van der Waals surface area contributed by atoms with E-state index in [9.17, 15) is 4.79 Å². The first-order chi connectivity index (χ1) is 10.2. The van der Waals surface area contributed by atoms with Crippen molar-refractivity contribution in [2.75, 3.05) is 31.1 Å². The average molecular weight is 286 g/mol. The van der Waals surface area contributed by atoms with Crippen LogP contribution in [0.5, 0.6) is 0 Å². The topological polar surface area (TPSA) is 68.0 Å². The Balaban J connectivity index is 2.18. The van der Waals surface area contributed by atoms with Crippen LogP contribution in [0.4, 0.5) is 5.95 Å². The predicted molar refractivity (Wildman–Crippen MR) is 81.3 cm³/mol. The Labute approximate surface area is 122 Å². The normalized spacial score (nSPS) is 15.0. The lowest BCUT2D eigenvalue weighted by Gasteiger charge is -2.28. The second-order valence-corrected chi connectivity index (χ2v) is 4.97. The zero-order valence-electron chi connectivity index (χ0n) is 12.3. The molecule has 1 aliphatic rings. The van der Waals surface area contributed by atoms with Crippen molar-refractivity contribution in [2.24, 2.45) is 7.05 Å². The summed E-state index contributed by atoms with van der Waals surface area (Å²) in [7, 11) is 1.64. The standard InChI is InChI=1S/C14H18N6O/c1-3-4-7-20-11-10-16-18(2)13(21)12(11)17-14(20)19-8-5-15-6-9-19/h10,15H,5-9H2,1-2H3. The van der Waals surface area contributed by atoms with Crippen LogP contribution in [0.2, 0.25) is 0 Å². The van der Waals surface area contributed by atoms with E-state index in [4.69, 9.17) is 0 Å². The van der Waals surface area contributed by atoms with Crippen molar-refractivity contribution in [3.8, 4) is 11.8 Å². The van der Waals surface area contributed by atoms with Gasteiger partial charge in [-0.25, -0.2) is 9.67 Å². The number of nitrogens with one attached hydrogen (secondary N) is 1. The summed E-state index contributed by atoms with van der Waals surface area (Å²) in [4.78, 5) is 19.0. The van der Waals surface area contributed by atoms with Crippen molar-refractivity contribution in [1.82, 2.24) is 24.6 Å². The largest absolute Gasteiger partial charge is 0.340 e. The number of anilines is 1. The van der Waals surface area contributed by atoms with Gasteiger partial charge in [-0.15, -0.1) is 5.92 Å². The Morgan fingerprint density at radius 1 is 1.38 bits per heavy atom. The van der Waals surface area contributed by atoms with Crippen LogP contribution in [0, 0.1) is 11.8 Å². The summed E-state index contributed by atoms with van der Waals surface area (Å²) in [5.74, 6) is 6.75. The number of aromatic nitrogens is 4. The lowest BCUT2D eigenvalue weighted by atomic mass is 10.4. The molecule has 0 saturated carbocycles. The third kappa shape index (κ3) is 2.38. The van der Waals surface area contributed by atoms with Crippen LogP contribution >= 0.6 is 0 Å². The first kappa shape index (κ1) is 13.6. The van der Waals surface area contributed by atoms with Gasteiger partial charge in [0.25, 0.3) is 5.56 Å². The van der Waals surface area contributed by atoms with E-state index in [2.05, 4.69) is 32.1 Å². The van der Waals surface area contributed by atoms with Crippen LogP contribution in [0.15, 0.2) is 11.0 Å². The molecule has 0 bridgehead atoms. The summed E-state index contributed by atoms with van der Waals surface area (Å²) in [6.07, 6.45) is 1.69. The van der Waals surface area contributed by atoms with E-state index in [-0.39, 0.29) is 5.56 Å². The molecule has 0 radical (unpaired) electrons. The minimum absolute atomic E-state index is 0.174. The van der Waals surface area contributed by atoms with Gasteiger partial charge in [0.2, 0.25) is 5.95 Å². The van der Waals surface area contributed by atoms with Gasteiger partial charge in [-0.1, -0.05) is 5.92 Å². The molecule has 3 rings (SSSR count). The van der Waals surface area contributed by atoms with Crippen molar-refractivity contribution in [3.63, 3.8) is 0 Å². The first-order valence-electron chi connectivity index (χ1n) is 7.00. The summed E-state index contributed by atoms with van der Waals surface area (Å²) in [6, 6.07) is 0. The van der Waals surface area contributed by atoms with Gasteiger partial charge in [0.05, 0.1) is 18.3 Å². The summed E-state index contributed by atoms with van der Waals surface area (Å²) in [6.45, 7) is 5.90. The van der Waals surface area contributed by atoms with Crippen molar-refractivity contribution in [1.29, 1.82) is 0 Å². The summed E-state index contributed by atoms with van der Waals surface area (Å²) < 4.78 is 3.29. The van der Waals surface area contributed by atoms with E-state index < -0.39 is 0 Å². The lowest BCUT2D eigenvalue weighted by Crippen LogP contribution is -2.44. The fourth-order valence-corrected chi connectivity index (χ4v) is 2.51. The highest BCUT2D eigenvalue weighted by Crippen LogP contribution is 2.20. The zero-order chi connectivity index (χ0) is 14.8. The average Bonchev–Trinajstić information content (AvgIpc) is 2.89. The van der Waals surface area contributed by atoms with Crippen molar-refractivity contribution in [2.45, 2.75) is 13.5 Å². The van der Waals surface area contributed by atoms with Gasteiger partial charge >= 0.3 is 0 Å². The maximum Gasteiger partial charge on any atom is 0.294 e. The van der Waals surface area contributed by atoms with Gasteiger partial charge in [0.1, 0.15) is 0 Å². The van der Waals surface area contributed by atoms with Crippen LogP contribution in [-0.4, -0.2) is 45.5 Å². The summed E-state index contributed by atoms with van der Waals surface area (Å²) >= 11 is 0. The van der Waals surface area contributed by atoms with Gasteiger partial charge in [-0.2, -0.15) is 5.10 Å². The van der Waals surface area contributed by atoms with Gasteiger partial charge in [-0.3, -0.25) is 9.36 Å². The zero-order valence-corrected chi connectivity index (χ0v) is 12.3. The molecule has 0 amide bonds. The molecule has 3 heterocycles. The van der Waals surface area contributed by atoms with Crippen LogP contribution in [0.3, 0.4) is 0 Å². The number of hydrogen-bond acceptors (Lipinski definition) is 5. The number of imidazole rings is 1. The minimum atomic E-state index is -0.174. The molecule has 21 heavy (non-hydrogen) atoms. The highest BCUT2D eigenvalue weighted by Gasteiger charge is 2.20. The molecule has 0 atom stereocenters. The highest BCUT2D eigenvalue weighted by atomic mass is 16.1. The second-order valence-electron chi connectivity index (χ2n) is 4.97. The molecule has 1 fully saturated rings. The number of rotatable bonds is 2. The summed E-state index contributed by atoms with van der Waals surface area (Å²) in [5, 5.41) is 7.41. The van der Waals surface area contributed by atoms with Gasteiger partial charge in [0.15, 0.2) is 5.52 Å². The molecule has 7 nitrogen and oxygen atoms in total. The number of nitrogens with zero attached hydrogens (tertiary/aromatic N) is 5. The van der Waals surface area contributed by atoms with E-state index in [0.29, 0.717) is 12.1 Å². The van der Waals surface area contributed by atoms with Crippen molar-refractivity contribution >= 4 is 17.0 Å². The fraction of sp³-hybridized carbons (Fsp3) is 0.500. The van der Waals surface area contributed by atoms with E-state index in [0.717, 1.165) is 37.6 Å². The SMILES string of the molecule is CC#CCn1c(N2CCNCC2)nc2c(=O)n(C)ncc21. The van der Waals surface area contributed by atoms with Crippen molar-refractivity contribution in [3.05, 3.63) is 16.6 Å². The van der Waals surface area contributed by atoms with Crippen LogP contribution < -0.4 is 15.8 Å².